The lowest BCUT2D eigenvalue weighted by atomic mass is 9.86. The third-order valence-corrected chi connectivity index (χ3v) is 5.94. The van der Waals surface area contributed by atoms with Gasteiger partial charge in [-0.25, -0.2) is 0 Å². The standard InChI is InChI=1S/C11H9BrN4S2/c12-8-5-4-7(17-8)9-13-14-11-16(9)15-10(18-11)6-2-1-3-6/h4-6H,1-3H2. The lowest BCUT2D eigenvalue weighted by molar-refractivity contribution is 0.415. The van der Waals surface area contributed by atoms with Crippen molar-refractivity contribution in [1.82, 2.24) is 19.8 Å². The maximum absolute atomic E-state index is 4.68. The Kier molecular flexibility index (Phi) is 2.53. The van der Waals surface area contributed by atoms with Gasteiger partial charge in [0.2, 0.25) is 4.96 Å². The first-order chi connectivity index (χ1) is 8.81. The average Bonchev–Trinajstić information content (AvgIpc) is 2.90. The number of rotatable bonds is 2. The fourth-order valence-electron chi connectivity index (χ4n) is 2.04. The van der Waals surface area contributed by atoms with Crippen molar-refractivity contribution in [2.24, 2.45) is 0 Å². The van der Waals surface area contributed by atoms with Gasteiger partial charge in [0.05, 0.1) is 8.66 Å². The molecule has 0 radical (unpaired) electrons. The van der Waals surface area contributed by atoms with E-state index in [-0.39, 0.29) is 0 Å². The number of hydrogen-bond donors (Lipinski definition) is 0. The smallest absolute Gasteiger partial charge is 0.182 e. The largest absolute Gasteiger partial charge is 0.235 e. The molecule has 0 N–H and O–H groups in total. The van der Waals surface area contributed by atoms with E-state index >= 15 is 0 Å². The highest BCUT2D eigenvalue weighted by Crippen LogP contribution is 2.39. The van der Waals surface area contributed by atoms with Gasteiger partial charge in [-0.1, -0.05) is 17.8 Å². The molecular formula is C11H9BrN4S2. The lowest BCUT2D eigenvalue weighted by Crippen LogP contribution is -2.08. The zero-order valence-electron chi connectivity index (χ0n) is 9.34. The fraction of sp³-hybridized carbons (Fsp3) is 0.364. The van der Waals surface area contributed by atoms with E-state index in [1.165, 1.54) is 24.3 Å². The number of halogens is 1. The van der Waals surface area contributed by atoms with Crippen LogP contribution in [0.5, 0.6) is 0 Å². The Hall–Kier alpha value is -0.790. The topological polar surface area (TPSA) is 43.1 Å². The molecular weight excluding hydrogens is 332 g/mol. The maximum Gasteiger partial charge on any atom is 0.235 e. The second kappa shape index (κ2) is 4.11. The number of hydrogen-bond acceptors (Lipinski definition) is 5. The molecule has 0 aromatic carbocycles. The normalized spacial score (nSPS) is 16.3. The minimum absolute atomic E-state index is 0.652. The molecule has 92 valence electrons. The summed E-state index contributed by atoms with van der Waals surface area (Å²) in [6.45, 7) is 0. The van der Waals surface area contributed by atoms with Gasteiger partial charge in [-0.3, -0.25) is 0 Å². The van der Waals surface area contributed by atoms with Crippen LogP contribution in [-0.2, 0) is 0 Å². The number of fused-ring (bicyclic) bond motifs is 1. The summed E-state index contributed by atoms with van der Waals surface area (Å²) in [5, 5.41) is 14.4. The van der Waals surface area contributed by atoms with Crippen molar-refractivity contribution in [2.75, 3.05) is 0 Å². The van der Waals surface area contributed by atoms with Gasteiger partial charge >= 0.3 is 0 Å². The van der Waals surface area contributed by atoms with E-state index in [1.807, 2.05) is 16.6 Å². The SMILES string of the molecule is Brc1ccc(-c2nnc3sc(C4CCC4)nn23)s1. The van der Waals surface area contributed by atoms with Crippen LogP contribution in [-0.4, -0.2) is 19.8 Å². The minimum atomic E-state index is 0.652. The van der Waals surface area contributed by atoms with E-state index in [1.54, 1.807) is 22.7 Å². The van der Waals surface area contributed by atoms with Crippen LogP contribution in [0.15, 0.2) is 15.9 Å². The summed E-state index contributed by atoms with van der Waals surface area (Å²) < 4.78 is 2.99. The van der Waals surface area contributed by atoms with Crippen LogP contribution < -0.4 is 0 Å². The predicted molar refractivity (Wildman–Crippen MR) is 76.3 cm³/mol. The van der Waals surface area contributed by atoms with Crippen molar-refractivity contribution in [2.45, 2.75) is 25.2 Å². The molecule has 0 spiro atoms. The van der Waals surface area contributed by atoms with Gasteiger partial charge < -0.3 is 0 Å². The third kappa shape index (κ3) is 1.64. The molecule has 0 aliphatic heterocycles. The van der Waals surface area contributed by atoms with E-state index in [9.17, 15) is 0 Å². The van der Waals surface area contributed by atoms with Gasteiger partial charge in [0.1, 0.15) is 5.01 Å². The van der Waals surface area contributed by atoms with E-state index < -0.39 is 0 Å². The molecule has 0 saturated heterocycles. The molecule has 18 heavy (non-hydrogen) atoms. The monoisotopic (exact) mass is 340 g/mol. The summed E-state index contributed by atoms with van der Waals surface area (Å²) in [7, 11) is 0. The number of thiophene rings is 1. The van der Waals surface area contributed by atoms with Crippen LogP contribution in [0.1, 0.15) is 30.2 Å². The van der Waals surface area contributed by atoms with Gasteiger partial charge in [-0.05, 0) is 40.9 Å². The molecule has 0 amide bonds. The lowest BCUT2D eigenvalue weighted by Gasteiger charge is -2.21. The summed E-state index contributed by atoms with van der Waals surface area (Å²) in [4.78, 5) is 2.00. The molecule has 1 saturated carbocycles. The van der Waals surface area contributed by atoms with Crippen LogP contribution >= 0.6 is 38.6 Å². The van der Waals surface area contributed by atoms with Gasteiger partial charge in [0.15, 0.2) is 5.82 Å². The molecule has 0 unspecified atom stereocenters. The maximum atomic E-state index is 4.68. The molecule has 3 aromatic rings. The van der Waals surface area contributed by atoms with Gasteiger partial charge in [-0.15, -0.1) is 21.5 Å². The quantitative estimate of drug-likeness (QED) is 0.709. The molecule has 1 aliphatic rings. The summed E-state index contributed by atoms with van der Waals surface area (Å²) >= 11 is 6.80. The van der Waals surface area contributed by atoms with E-state index in [4.69, 9.17) is 0 Å². The Morgan fingerprint density at radius 3 is 2.78 bits per heavy atom. The Morgan fingerprint density at radius 1 is 1.22 bits per heavy atom. The highest BCUT2D eigenvalue weighted by molar-refractivity contribution is 9.11. The summed E-state index contributed by atoms with van der Waals surface area (Å²) in [5.41, 5.74) is 0. The Morgan fingerprint density at radius 2 is 2.11 bits per heavy atom. The highest BCUT2D eigenvalue weighted by atomic mass is 79.9. The second-order valence-electron chi connectivity index (χ2n) is 4.39. The first kappa shape index (κ1) is 11.1. The Balaban J connectivity index is 1.83. The molecule has 0 atom stereocenters. The summed E-state index contributed by atoms with van der Waals surface area (Å²) in [5.74, 6) is 1.50. The van der Waals surface area contributed by atoms with Crippen LogP contribution in [0, 0.1) is 0 Å². The molecule has 3 heterocycles. The fourth-order valence-corrected chi connectivity index (χ4v) is 4.40. The van der Waals surface area contributed by atoms with Crippen molar-refractivity contribution < 1.29 is 0 Å². The second-order valence-corrected chi connectivity index (χ2v) is 7.84. The molecule has 1 aliphatic carbocycles. The third-order valence-electron chi connectivity index (χ3n) is 3.25. The zero-order chi connectivity index (χ0) is 12.1. The molecule has 4 rings (SSSR count). The number of aromatic nitrogens is 4. The molecule has 7 heteroatoms. The van der Waals surface area contributed by atoms with E-state index in [2.05, 4.69) is 31.2 Å². The average molecular weight is 341 g/mol. The van der Waals surface area contributed by atoms with Crippen LogP contribution in [0.2, 0.25) is 0 Å². The first-order valence-corrected chi connectivity index (χ1v) is 8.22. The van der Waals surface area contributed by atoms with Crippen molar-refractivity contribution in [3.05, 3.63) is 20.9 Å². The predicted octanol–water partition coefficient (Wildman–Crippen LogP) is 3.94. The van der Waals surface area contributed by atoms with Crippen LogP contribution in [0.25, 0.3) is 15.7 Å². The van der Waals surface area contributed by atoms with Crippen molar-refractivity contribution in [3.63, 3.8) is 0 Å². The van der Waals surface area contributed by atoms with E-state index in [0.29, 0.717) is 5.92 Å². The Labute approximate surface area is 120 Å². The molecule has 4 nitrogen and oxygen atoms in total. The van der Waals surface area contributed by atoms with Gasteiger partial charge in [0, 0.05) is 5.92 Å². The minimum Gasteiger partial charge on any atom is -0.182 e. The van der Waals surface area contributed by atoms with Crippen LogP contribution in [0.3, 0.4) is 0 Å². The van der Waals surface area contributed by atoms with Gasteiger partial charge in [0.25, 0.3) is 0 Å². The summed E-state index contributed by atoms with van der Waals surface area (Å²) in [6.07, 6.45) is 3.86. The number of nitrogens with zero attached hydrogens (tertiary/aromatic N) is 4. The van der Waals surface area contributed by atoms with Crippen molar-refractivity contribution in [3.8, 4) is 10.7 Å². The van der Waals surface area contributed by atoms with Crippen molar-refractivity contribution >= 4 is 43.6 Å². The Bertz CT molecular complexity index is 710. The van der Waals surface area contributed by atoms with Crippen LogP contribution in [0.4, 0.5) is 0 Å². The first-order valence-electron chi connectivity index (χ1n) is 5.79. The summed E-state index contributed by atoms with van der Waals surface area (Å²) in [6, 6.07) is 4.08. The molecule has 0 bridgehead atoms. The highest BCUT2D eigenvalue weighted by Gasteiger charge is 2.25. The van der Waals surface area contributed by atoms with Crippen molar-refractivity contribution in [1.29, 1.82) is 0 Å². The van der Waals surface area contributed by atoms with E-state index in [0.717, 1.165) is 19.4 Å². The zero-order valence-corrected chi connectivity index (χ0v) is 12.6. The van der Waals surface area contributed by atoms with Gasteiger partial charge in [-0.2, -0.15) is 9.61 Å². The molecule has 3 aromatic heterocycles. The molecule has 1 fully saturated rings.